The van der Waals surface area contributed by atoms with Gasteiger partial charge in [0.1, 0.15) is 12.1 Å². The number of aromatic nitrogens is 2. The molecule has 4 nitrogen and oxygen atoms in total. The number of rotatable bonds is 4. The summed E-state index contributed by atoms with van der Waals surface area (Å²) >= 11 is 0. The van der Waals surface area contributed by atoms with Crippen molar-refractivity contribution < 1.29 is 0 Å². The summed E-state index contributed by atoms with van der Waals surface area (Å²) in [7, 11) is 0. The summed E-state index contributed by atoms with van der Waals surface area (Å²) in [6.45, 7) is 7.49. The van der Waals surface area contributed by atoms with Gasteiger partial charge in [-0.25, -0.2) is 9.97 Å². The second kappa shape index (κ2) is 5.21. The van der Waals surface area contributed by atoms with Crippen LogP contribution in [0.3, 0.4) is 0 Å². The molecule has 1 atom stereocenters. The van der Waals surface area contributed by atoms with E-state index in [1.165, 1.54) is 0 Å². The number of fused-ring (bicyclic) bond motifs is 1. The van der Waals surface area contributed by atoms with Crippen molar-refractivity contribution in [3.8, 4) is 0 Å². The van der Waals surface area contributed by atoms with Gasteiger partial charge in [-0.2, -0.15) is 0 Å². The van der Waals surface area contributed by atoms with E-state index in [1.54, 1.807) is 6.33 Å². The summed E-state index contributed by atoms with van der Waals surface area (Å²) in [6.07, 6.45) is 2.70. The molecule has 0 saturated heterocycles. The highest BCUT2D eigenvalue weighted by Gasteiger charge is 2.15. The quantitative estimate of drug-likeness (QED) is 0.840. The minimum absolute atomic E-state index is 0.464. The van der Waals surface area contributed by atoms with E-state index in [0.717, 1.165) is 35.4 Å². The molecule has 1 aromatic heterocycles. The standard InChI is InChI=1S/C14H20N4/c1-4-10(3)18(5-2)14-12-7-6-11(15)8-13(12)16-9-17-14/h6-10H,4-5,15H2,1-3H3. The van der Waals surface area contributed by atoms with E-state index < -0.39 is 0 Å². The zero-order chi connectivity index (χ0) is 13.1. The van der Waals surface area contributed by atoms with Gasteiger partial charge >= 0.3 is 0 Å². The van der Waals surface area contributed by atoms with E-state index >= 15 is 0 Å². The van der Waals surface area contributed by atoms with E-state index in [1.807, 2.05) is 18.2 Å². The molecule has 0 fully saturated rings. The van der Waals surface area contributed by atoms with Crippen LogP contribution in [0.25, 0.3) is 10.9 Å². The van der Waals surface area contributed by atoms with E-state index in [2.05, 4.69) is 35.6 Å². The lowest BCUT2D eigenvalue weighted by atomic mass is 10.1. The van der Waals surface area contributed by atoms with Gasteiger partial charge < -0.3 is 10.6 Å². The largest absolute Gasteiger partial charge is 0.399 e. The molecule has 0 amide bonds. The third kappa shape index (κ3) is 2.23. The molecular formula is C14H20N4. The number of hydrogen-bond acceptors (Lipinski definition) is 4. The lowest BCUT2D eigenvalue weighted by Gasteiger charge is -2.29. The van der Waals surface area contributed by atoms with Crippen molar-refractivity contribution in [1.82, 2.24) is 9.97 Å². The van der Waals surface area contributed by atoms with Gasteiger partial charge in [0.15, 0.2) is 0 Å². The monoisotopic (exact) mass is 244 g/mol. The highest BCUT2D eigenvalue weighted by Crippen LogP contribution is 2.26. The van der Waals surface area contributed by atoms with Gasteiger partial charge in [-0.05, 0) is 38.5 Å². The molecule has 0 aliphatic rings. The summed E-state index contributed by atoms with van der Waals surface area (Å²) in [5.41, 5.74) is 7.43. The van der Waals surface area contributed by atoms with E-state index in [9.17, 15) is 0 Å². The second-order valence-electron chi connectivity index (χ2n) is 4.52. The molecule has 1 unspecified atom stereocenters. The molecule has 1 heterocycles. The zero-order valence-corrected chi connectivity index (χ0v) is 11.2. The van der Waals surface area contributed by atoms with Crippen LogP contribution in [0.1, 0.15) is 27.2 Å². The predicted molar refractivity (Wildman–Crippen MR) is 76.7 cm³/mol. The van der Waals surface area contributed by atoms with Crippen LogP contribution in [0, 0.1) is 0 Å². The van der Waals surface area contributed by atoms with Crippen molar-refractivity contribution in [2.45, 2.75) is 33.2 Å². The minimum Gasteiger partial charge on any atom is -0.399 e. The fraction of sp³-hybridized carbons (Fsp3) is 0.429. The first-order valence-electron chi connectivity index (χ1n) is 6.44. The van der Waals surface area contributed by atoms with Crippen molar-refractivity contribution in [3.63, 3.8) is 0 Å². The highest BCUT2D eigenvalue weighted by molar-refractivity contribution is 5.91. The van der Waals surface area contributed by atoms with Crippen LogP contribution in [0.2, 0.25) is 0 Å². The Morgan fingerprint density at radius 3 is 2.72 bits per heavy atom. The van der Waals surface area contributed by atoms with Gasteiger partial charge in [0, 0.05) is 23.7 Å². The van der Waals surface area contributed by atoms with Gasteiger partial charge in [0.25, 0.3) is 0 Å². The first-order chi connectivity index (χ1) is 8.67. The molecule has 4 heteroatoms. The topological polar surface area (TPSA) is 55.0 Å². The molecule has 0 radical (unpaired) electrons. The second-order valence-corrected chi connectivity index (χ2v) is 4.52. The molecule has 0 spiro atoms. The number of nitrogens with zero attached hydrogens (tertiary/aromatic N) is 3. The molecule has 18 heavy (non-hydrogen) atoms. The van der Waals surface area contributed by atoms with Crippen molar-refractivity contribution in [2.75, 3.05) is 17.2 Å². The molecule has 2 N–H and O–H groups in total. The number of benzene rings is 1. The van der Waals surface area contributed by atoms with Crippen LogP contribution in [0.15, 0.2) is 24.5 Å². The summed E-state index contributed by atoms with van der Waals surface area (Å²) in [5, 5.41) is 1.06. The highest BCUT2D eigenvalue weighted by atomic mass is 15.2. The molecule has 0 bridgehead atoms. The average Bonchev–Trinajstić information content (AvgIpc) is 2.39. The first-order valence-corrected chi connectivity index (χ1v) is 6.44. The van der Waals surface area contributed by atoms with Gasteiger partial charge in [-0.1, -0.05) is 6.92 Å². The Morgan fingerprint density at radius 2 is 2.06 bits per heavy atom. The Kier molecular flexibility index (Phi) is 3.65. The van der Waals surface area contributed by atoms with Gasteiger partial charge in [0.05, 0.1) is 5.52 Å². The SMILES string of the molecule is CCC(C)N(CC)c1ncnc2cc(N)ccc12. The van der Waals surface area contributed by atoms with Gasteiger partial charge in [0.2, 0.25) is 0 Å². The van der Waals surface area contributed by atoms with Crippen molar-refractivity contribution >= 4 is 22.4 Å². The zero-order valence-electron chi connectivity index (χ0n) is 11.2. The number of hydrogen-bond donors (Lipinski definition) is 1. The normalized spacial score (nSPS) is 12.6. The summed E-state index contributed by atoms with van der Waals surface area (Å²) in [6, 6.07) is 6.26. The molecule has 1 aromatic carbocycles. The maximum atomic E-state index is 5.79. The lowest BCUT2D eigenvalue weighted by molar-refractivity contribution is 0.625. The van der Waals surface area contributed by atoms with Crippen molar-refractivity contribution in [3.05, 3.63) is 24.5 Å². The van der Waals surface area contributed by atoms with E-state index in [-0.39, 0.29) is 0 Å². The van der Waals surface area contributed by atoms with Crippen LogP contribution in [0.4, 0.5) is 11.5 Å². The van der Waals surface area contributed by atoms with Crippen LogP contribution >= 0.6 is 0 Å². The number of anilines is 2. The minimum atomic E-state index is 0.464. The Balaban J connectivity index is 2.56. The van der Waals surface area contributed by atoms with E-state index in [4.69, 9.17) is 5.73 Å². The maximum absolute atomic E-state index is 5.79. The van der Waals surface area contributed by atoms with Crippen LogP contribution in [-0.4, -0.2) is 22.6 Å². The first kappa shape index (κ1) is 12.6. The molecule has 0 saturated carbocycles. The maximum Gasteiger partial charge on any atom is 0.140 e. The van der Waals surface area contributed by atoms with Gasteiger partial charge in [-0.15, -0.1) is 0 Å². The van der Waals surface area contributed by atoms with Crippen molar-refractivity contribution in [1.29, 1.82) is 0 Å². The Hall–Kier alpha value is -1.84. The fourth-order valence-corrected chi connectivity index (χ4v) is 2.18. The third-order valence-electron chi connectivity index (χ3n) is 3.38. The van der Waals surface area contributed by atoms with Crippen LogP contribution in [0.5, 0.6) is 0 Å². The summed E-state index contributed by atoms with van der Waals surface area (Å²) in [4.78, 5) is 11.0. The van der Waals surface area contributed by atoms with Crippen molar-refractivity contribution in [2.24, 2.45) is 0 Å². The summed E-state index contributed by atoms with van der Waals surface area (Å²) in [5.74, 6) is 0.997. The van der Waals surface area contributed by atoms with Crippen LogP contribution < -0.4 is 10.6 Å². The smallest absolute Gasteiger partial charge is 0.140 e. The number of nitrogens with two attached hydrogens (primary N) is 1. The summed E-state index contributed by atoms with van der Waals surface area (Å²) < 4.78 is 0. The Morgan fingerprint density at radius 1 is 1.28 bits per heavy atom. The molecule has 2 rings (SSSR count). The molecule has 96 valence electrons. The lowest BCUT2D eigenvalue weighted by Crippen LogP contribution is -2.33. The molecule has 0 aliphatic carbocycles. The molecule has 2 aromatic rings. The fourth-order valence-electron chi connectivity index (χ4n) is 2.18. The number of nitrogen functional groups attached to an aromatic ring is 1. The van der Waals surface area contributed by atoms with E-state index in [0.29, 0.717) is 6.04 Å². The van der Waals surface area contributed by atoms with Crippen LogP contribution in [-0.2, 0) is 0 Å². The Labute approximate surface area is 108 Å². The Bertz CT molecular complexity index is 538. The third-order valence-corrected chi connectivity index (χ3v) is 3.38. The van der Waals surface area contributed by atoms with Gasteiger partial charge in [-0.3, -0.25) is 0 Å². The molecule has 0 aliphatic heterocycles. The predicted octanol–water partition coefficient (Wildman–Crippen LogP) is 2.84. The average molecular weight is 244 g/mol. The molecular weight excluding hydrogens is 224 g/mol.